The molecule has 0 nitrogen and oxygen atoms in total. The number of benzene rings is 12. The Kier molecular flexibility index (Phi) is 6.73. The SMILES string of the molecule is c1cc(-c2ccc(-c3ccc(-c4ccc5ccc6cccc7ccc4c5c67)cc3)cc2)cc(-c2cccc(-c3ccc4ccc5cccc6ccc3c4c56)c2)c1. The molecule has 0 atom stereocenters. The van der Waals surface area contributed by atoms with Crippen LogP contribution in [0.4, 0.5) is 0 Å². The fraction of sp³-hybridized carbons (Fsp3) is 0. The Hall–Kier alpha value is -7.28. The van der Waals surface area contributed by atoms with Crippen LogP contribution in [0.1, 0.15) is 0 Å². The van der Waals surface area contributed by atoms with E-state index in [2.05, 4.69) is 206 Å². The summed E-state index contributed by atoms with van der Waals surface area (Å²) in [4.78, 5) is 0. The summed E-state index contributed by atoms with van der Waals surface area (Å²) in [6.45, 7) is 0. The van der Waals surface area contributed by atoms with Gasteiger partial charge in [0.15, 0.2) is 0 Å². The zero-order chi connectivity index (χ0) is 36.7. The van der Waals surface area contributed by atoms with Gasteiger partial charge in [0, 0.05) is 0 Å². The van der Waals surface area contributed by atoms with Crippen LogP contribution in [-0.4, -0.2) is 0 Å². The molecule has 0 aliphatic carbocycles. The summed E-state index contributed by atoms with van der Waals surface area (Å²) >= 11 is 0. The van der Waals surface area contributed by atoms with Crippen LogP contribution in [-0.2, 0) is 0 Å². The van der Waals surface area contributed by atoms with Crippen molar-refractivity contribution in [1.29, 1.82) is 0 Å². The molecule has 0 spiro atoms. The van der Waals surface area contributed by atoms with Gasteiger partial charge in [-0.3, -0.25) is 0 Å². The minimum Gasteiger partial charge on any atom is -0.0610 e. The fourth-order valence-electron chi connectivity index (χ4n) is 9.42. The molecule has 12 aromatic carbocycles. The van der Waals surface area contributed by atoms with Crippen LogP contribution in [0.2, 0.25) is 0 Å². The van der Waals surface area contributed by atoms with Gasteiger partial charge in [-0.1, -0.05) is 194 Å². The maximum absolute atomic E-state index is 2.35. The second-order valence-corrected chi connectivity index (χ2v) is 15.3. The maximum atomic E-state index is 2.35. The average Bonchev–Trinajstić information content (AvgIpc) is 3.27. The van der Waals surface area contributed by atoms with E-state index in [1.165, 1.54) is 120 Å². The molecule has 0 aliphatic rings. The summed E-state index contributed by atoms with van der Waals surface area (Å²) in [5.74, 6) is 0. The van der Waals surface area contributed by atoms with Crippen LogP contribution in [0.25, 0.3) is 120 Å². The predicted molar refractivity (Wildman–Crippen MR) is 241 cm³/mol. The zero-order valence-corrected chi connectivity index (χ0v) is 30.6. The van der Waals surface area contributed by atoms with Crippen LogP contribution < -0.4 is 0 Å². The molecule has 56 heavy (non-hydrogen) atoms. The lowest BCUT2D eigenvalue weighted by atomic mass is 9.89. The molecular formula is C56H34. The molecule has 12 rings (SSSR count). The Labute approximate surface area is 325 Å². The number of hydrogen-bond donors (Lipinski definition) is 0. The molecule has 0 fully saturated rings. The number of hydrogen-bond acceptors (Lipinski definition) is 0. The molecule has 0 amide bonds. The van der Waals surface area contributed by atoms with Crippen molar-refractivity contribution >= 4 is 64.6 Å². The third-order valence-electron chi connectivity index (χ3n) is 12.2. The highest BCUT2D eigenvalue weighted by Gasteiger charge is 2.14. The molecule has 0 aliphatic heterocycles. The van der Waals surface area contributed by atoms with Crippen LogP contribution in [0.3, 0.4) is 0 Å². The quantitative estimate of drug-likeness (QED) is 0.156. The minimum atomic E-state index is 1.21. The lowest BCUT2D eigenvalue weighted by Gasteiger charge is -2.15. The van der Waals surface area contributed by atoms with Crippen molar-refractivity contribution in [3.8, 4) is 55.6 Å². The summed E-state index contributed by atoms with van der Waals surface area (Å²) in [6, 6.07) is 76.5. The zero-order valence-electron chi connectivity index (χ0n) is 30.6. The van der Waals surface area contributed by atoms with Gasteiger partial charge < -0.3 is 0 Å². The van der Waals surface area contributed by atoms with E-state index in [1.807, 2.05) is 0 Å². The van der Waals surface area contributed by atoms with Gasteiger partial charge in [-0.05, 0) is 132 Å². The van der Waals surface area contributed by atoms with Crippen molar-refractivity contribution in [1.82, 2.24) is 0 Å². The largest absolute Gasteiger partial charge is 0.0610 e. The highest BCUT2D eigenvalue weighted by Crippen LogP contribution is 2.42. The van der Waals surface area contributed by atoms with E-state index >= 15 is 0 Å². The molecule has 12 aromatic rings. The first-order valence-corrected chi connectivity index (χ1v) is 19.5. The van der Waals surface area contributed by atoms with E-state index in [-0.39, 0.29) is 0 Å². The first-order chi connectivity index (χ1) is 27.7. The summed E-state index contributed by atoms with van der Waals surface area (Å²) in [5.41, 5.74) is 12.3. The molecule has 0 aromatic heterocycles. The van der Waals surface area contributed by atoms with Gasteiger partial charge in [0.2, 0.25) is 0 Å². The van der Waals surface area contributed by atoms with E-state index in [4.69, 9.17) is 0 Å². The van der Waals surface area contributed by atoms with Gasteiger partial charge in [0.1, 0.15) is 0 Å². The van der Waals surface area contributed by atoms with E-state index in [0.29, 0.717) is 0 Å². The van der Waals surface area contributed by atoms with E-state index in [0.717, 1.165) is 0 Å². The summed E-state index contributed by atoms with van der Waals surface area (Å²) in [7, 11) is 0. The molecular weight excluding hydrogens is 673 g/mol. The summed E-state index contributed by atoms with van der Waals surface area (Å²) in [6.07, 6.45) is 0. The predicted octanol–water partition coefficient (Wildman–Crippen LogP) is 15.8. The monoisotopic (exact) mass is 706 g/mol. The van der Waals surface area contributed by atoms with Gasteiger partial charge in [-0.15, -0.1) is 0 Å². The molecule has 0 unspecified atom stereocenters. The van der Waals surface area contributed by atoms with Gasteiger partial charge in [-0.25, -0.2) is 0 Å². The Balaban J connectivity index is 0.843. The van der Waals surface area contributed by atoms with Gasteiger partial charge in [-0.2, -0.15) is 0 Å². The fourth-order valence-corrected chi connectivity index (χ4v) is 9.42. The van der Waals surface area contributed by atoms with Crippen molar-refractivity contribution in [3.63, 3.8) is 0 Å². The second-order valence-electron chi connectivity index (χ2n) is 15.3. The van der Waals surface area contributed by atoms with Gasteiger partial charge in [0.05, 0.1) is 0 Å². The maximum Gasteiger partial charge on any atom is -0.00206 e. The molecule has 0 bridgehead atoms. The first-order valence-electron chi connectivity index (χ1n) is 19.5. The van der Waals surface area contributed by atoms with E-state index in [1.54, 1.807) is 0 Å². The van der Waals surface area contributed by atoms with Crippen LogP contribution >= 0.6 is 0 Å². The van der Waals surface area contributed by atoms with Crippen molar-refractivity contribution in [3.05, 3.63) is 206 Å². The third kappa shape index (κ3) is 4.79. The summed E-state index contributed by atoms with van der Waals surface area (Å²) < 4.78 is 0. The molecule has 0 heteroatoms. The van der Waals surface area contributed by atoms with Crippen LogP contribution in [0.5, 0.6) is 0 Å². The van der Waals surface area contributed by atoms with Crippen molar-refractivity contribution in [2.75, 3.05) is 0 Å². The molecule has 0 N–H and O–H groups in total. The lowest BCUT2D eigenvalue weighted by Crippen LogP contribution is -1.88. The van der Waals surface area contributed by atoms with Crippen LogP contribution in [0, 0.1) is 0 Å². The van der Waals surface area contributed by atoms with E-state index < -0.39 is 0 Å². The average molecular weight is 707 g/mol. The Morgan fingerprint density at radius 3 is 0.964 bits per heavy atom. The Bertz CT molecular complexity index is 3410. The Morgan fingerprint density at radius 1 is 0.179 bits per heavy atom. The second kappa shape index (κ2) is 12.1. The first kappa shape index (κ1) is 31.1. The highest BCUT2D eigenvalue weighted by molar-refractivity contribution is 6.26. The normalized spacial score (nSPS) is 11.9. The lowest BCUT2D eigenvalue weighted by molar-refractivity contribution is 1.57. The van der Waals surface area contributed by atoms with Crippen molar-refractivity contribution in [2.45, 2.75) is 0 Å². The molecule has 0 heterocycles. The van der Waals surface area contributed by atoms with Crippen molar-refractivity contribution < 1.29 is 0 Å². The minimum absolute atomic E-state index is 1.21. The third-order valence-corrected chi connectivity index (χ3v) is 12.2. The van der Waals surface area contributed by atoms with Gasteiger partial charge >= 0.3 is 0 Å². The van der Waals surface area contributed by atoms with Crippen molar-refractivity contribution in [2.24, 2.45) is 0 Å². The highest BCUT2D eigenvalue weighted by atomic mass is 14.2. The van der Waals surface area contributed by atoms with Gasteiger partial charge in [0.25, 0.3) is 0 Å². The standard InChI is InChI=1S/C56H34/c1-5-39-21-23-43-25-29-49(51-31-27-41(7-1)53(39)55(43)51)38-19-17-36(18-20-38)35-13-15-37(16-14-35)45-9-3-10-46(33-45)47-11-4-12-48(34-47)50-30-26-44-24-22-40-6-2-8-42-28-32-52(50)56(44)54(40)42/h1-34H. The Morgan fingerprint density at radius 2 is 0.482 bits per heavy atom. The summed E-state index contributed by atoms with van der Waals surface area (Å²) in [5, 5.41) is 15.8. The molecule has 0 radical (unpaired) electrons. The molecule has 0 saturated heterocycles. The molecule has 0 saturated carbocycles. The smallest absolute Gasteiger partial charge is 0.00206 e. The van der Waals surface area contributed by atoms with E-state index in [9.17, 15) is 0 Å². The topological polar surface area (TPSA) is 0 Å². The number of rotatable bonds is 5. The molecule has 258 valence electrons. The van der Waals surface area contributed by atoms with Crippen LogP contribution in [0.15, 0.2) is 206 Å².